The zero-order valence-electron chi connectivity index (χ0n) is 16.9. The van der Waals surface area contributed by atoms with Crippen LogP contribution in [-0.2, 0) is 4.79 Å². The van der Waals surface area contributed by atoms with Crippen molar-refractivity contribution in [2.45, 2.75) is 96.8 Å². The van der Waals surface area contributed by atoms with Crippen LogP contribution in [0.3, 0.4) is 0 Å². The lowest BCUT2D eigenvalue weighted by Gasteiger charge is -1.95. The highest BCUT2D eigenvalue weighted by Gasteiger charge is 1.93. The third kappa shape index (κ3) is 22.4. The Labute approximate surface area is 161 Å². The minimum absolute atomic E-state index is 0.286. The van der Waals surface area contributed by atoms with Gasteiger partial charge in [-0.15, -0.1) is 0 Å². The zero-order valence-corrected chi connectivity index (χ0v) is 16.9. The molecule has 0 saturated carbocycles. The molecule has 2 nitrogen and oxygen atoms in total. The van der Waals surface area contributed by atoms with E-state index in [1.165, 1.54) is 51.4 Å². The van der Waals surface area contributed by atoms with E-state index in [-0.39, 0.29) is 6.42 Å². The van der Waals surface area contributed by atoms with Gasteiger partial charge in [0, 0.05) is 6.42 Å². The van der Waals surface area contributed by atoms with Crippen LogP contribution in [0.1, 0.15) is 96.8 Å². The van der Waals surface area contributed by atoms with Crippen LogP contribution >= 0.6 is 0 Å². The standard InChI is InChI=1S/C24H40O2/c1-2-3-4-5-6-7-8-9-10-11-12-13-14-15-16-17-18-19-20-21-22-23-24(25)26/h6-7,9-10,16-19H,2-5,8,11-15,20-23H2,1H3,(H,25,26)/b7-6+,10-9+,17-16+,19-18+. The number of carboxylic acids is 1. The Morgan fingerprint density at radius 2 is 1.15 bits per heavy atom. The molecule has 0 heterocycles. The molecule has 148 valence electrons. The fourth-order valence-electron chi connectivity index (χ4n) is 2.61. The second-order valence-electron chi connectivity index (χ2n) is 6.81. The van der Waals surface area contributed by atoms with Crippen LogP contribution in [0.15, 0.2) is 48.6 Å². The van der Waals surface area contributed by atoms with Gasteiger partial charge in [0.2, 0.25) is 0 Å². The molecule has 1 N–H and O–H groups in total. The second kappa shape index (κ2) is 21.5. The summed E-state index contributed by atoms with van der Waals surface area (Å²) in [6.45, 7) is 2.25. The van der Waals surface area contributed by atoms with Gasteiger partial charge in [-0.1, -0.05) is 74.8 Å². The van der Waals surface area contributed by atoms with Gasteiger partial charge < -0.3 is 5.11 Å². The normalized spacial score (nSPS) is 12.3. The van der Waals surface area contributed by atoms with Gasteiger partial charge in [-0.3, -0.25) is 4.79 Å². The van der Waals surface area contributed by atoms with E-state index in [0.29, 0.717) is 0 Å². The van der Waals surface area contributed by atoms with E-state index in [2.05, 4.69) is 55.5 Å². The summed E-state index contributed by atoms with van der Waals surface area (Å²) < 4.78 is 0. The van der Waals surface area contributed by atoms with E-state index < -0.39 is 5.97 Å². The van der Waals surface area contributed by atoms with E-state index in [9.17, 15) is 4.79 Å². The summed E-state index contributed by atoms with van der Waals surface area (Å²) in [4.78, 5) is 10.4. The first-order valence-corrected chi connectivity index (χ1v) is 10.6. The number of carbonyl (C=O) groups is 1. The summed E-state index contributed by atoms with van der Waals surface area (Å²) in [7, 11) is 0. The molecule has 0 aromatic heterocycles. The fraction of sp³-hybridized carbons (Fsp3) is 0.625. The molecule has 0 aliphatic rings. The molecular weight excluding hydrogens is 320 g/mol. The van der Waals surface area contributed by atoms with Gasteiger partial charge in [0.25, 0.3) is 0 Å². The molecule has 0 bridgehead atoms. The average Bonchev–Trinajstić information content (AvgIpc) is 2.62. The highest BCUT2D eigenvalue weighted by molar-refractivity contribution is 5.66. The zero-order chi connectivity index (χ0) is 19.1. The van der Waals surface area contributed by atoms with Gasteiger partial charge in [-0.2, -0.15) is 0 Å². The smallest absolute Gasteiger partial charge is 0.303 e. The Balaban J connectivity index is 3.31. The summed E-state index contributed by atoms with van der Waals surface area (Å²) >= 11 is 0. The predicted molar refractivity (Wildman–Crippen MR) is 115 cm³/mol. The third-order valence-electron chi connectivity index (χ3n) is 4.22. The molecule has 0 rings (SSSR count). The maximum Gasteiger partial charge on any atom is 0.303 e. The molecule has 0 aliphatic heterocycles. The number of unbranched alkanes of at least 4 members (excludes halogenated alkanes) is 9. The van der Waals surface area contributed by atoms with Crippen molar-refractivity contribution in [1.29, 1.82) is 0 Å². The molecule has 0 saturated heterocycles. The molecule has 2 heteroatoms. The van der Waals surface area contributed by atoms with E-state index in [1.807, 2.05) is 0 Å². The molecule has 0 unspecified atom stereocenters. The van der Waals surface area contributed by atoms with E-state index >= 15 is 0 Å². The molecule has 0 radical (unpaired) electrons. The number of carboxylic acid groups (broad SMARTS) is 1. The molecule has 0 amide bonds. The lowest BCUT2D eigenvalue weighted by Crippen LogP contribution is -1.92. The molecule has 0 aromatic carbocycles. The van der Waals surface area contributed by atoms with Crippen molar-refractivity contribution in [2.75, 3.05) is 0 Å². The highest BCUT2D eigenvalue weighted by atomic mass is 16.4. The van der Waals surface area contributed by atoms with Crippen molar-refractivity contribution < 1.29 is 9.90 Å². The van der Waals surface area contributed by atoms with Crippen molar-refractivity contribution >= 4 is 5.97 Å². The predicted octanol–water partition coefficient (Wildman–Crippen LogP) is 7.78. The van der Waals surface area contributed by atoms with Gasteiger partial charge in [-0.05, 0) is 64.2 Å². The first-order chi connectivity index (χ1) is 12.8. The first-order valence-electron chi connectivity index (χ1n) is 10.6. The minimum atomic E-state index is -0.695. The lowest BCUT2D eigenvalue weighted by atomic mass is 10.1. The van der Waals surface area contributed by atoms with Crippen molar-refractivity contribution in [1.82, 2.24) is 0 Å². The molecule has 0 atom stereocenters. The van der Waals surface area contributed by atoms with Gasteiger partial charge >= 0.3 is 5.97 Å². The lowest BCUT2D eigenvalue weighted by molar-refractivity contribution is -0.137. The van der Waals surface area contributed by atoms with Crippen LogP contribution in [-0.4, -0.2) is 11.1 Å². The number of hydrogen-bond acceptors (Lipinski definition) is 1. The first kappa shape index (κ1) is 24.4. The van der Waals surface area contributed by atoms with Crippen LogP contribution < -0.4 is 0 Å². The van der Waals surface area contributed by atoms with Crippen LogP contribution in [0.5, 0.6) is 0 Å². The summed E-state index contributed by atoms with van der Waals surface area (Å²) in [5, 5.41) is 8.54. The number of hydrogen-bond donors (Lipinski definition) is 1. The summed E-state index contributed by atoms with van der Waals surface area (Å²) in [6.07, 6.45) is 33.2. The molecule has 0 aliphatic carbocycles. The fourth-order valence-corrected chi connectivity index (χ4v) is 2.61. The van der Waals surface area contributed by atoms with Gasteiger partial charge in [0.1, 0.15) is 0 Å². The monoisotopic (exact) mass is 360 g/mol. The van der Waals surface area contributed by atoms with Gasteiger partial charge in [0.05, 0.1) is 0 Å². The van der Waals surface area contributed by atoms with Crippen molar-refractivity contribution in [3.05, 3.63) is 48.6 Å². The number of allylic oxidation sites excluding steroid dienone is 8. The van der Waals surface area contributed by atoms with Crippen LogP contribution in [0.4, 0.5) is 0 Å². The minimum Gasteiger partial charge on any atom is -0.481 e. The number of aliphatic carboxylic acids is 1. The third-order valence-corrected chi connectivity index (χ3v) is 4.22. The van der Waals surface area contributed by atoms with Gasteiger partial charge in [-0.25, -0.2) is 0 Å². The van der Waals surface area contributed by atoms with Crippen molar-refractivity contribution in [2.24, 2.45) is 0 Å². The second-order valence-corrected chi connectivity index (χ2v) is 6.81. The maximum atomic E-state index is 10.4. The topological polar surface area (TPSA) is 37.3 Å². The average molecular weight is 361 g/mol. The van der Waals surface area contributed by atoms with E-state index in [1.54, 1.807) is 0 Å². The highest BCUT2D eigenvalue weighted by Crippen LogP contribution is 2.06. The Hall–Kier alpha value is -1.57. The summed E-state index contributed by atoms with van der Waals surface area (Å²) in [5.41, 5.74) is 0. The van der Waals surface area contributed by atoms with Crippen LogP contribution in [0.25, 0.3) is 0 Å². The van der Waals surface area contributed by atoms with Crippen molar-refractivity contribution in [3.63, 3.8) is 0 Å². The molecule has 26 heavy (non-hydrogen) atoms. The van der Waals surface area contributed by atoms with Crippen molar-refractivity contribution in [3.8, 4) is 0 Å². The summed E-state index contributed by atoms with van der Waals surface area (Å²) in [6, 6.07) is 0. The Morgan fingerprint density at radius 1 is 0.654 bits per heavy atom. The SMILES string of the molecule is CCCCC/C=C/C/C=C/CCCCC/C=C/C=C/CCCCC(=O)O. The van der Waals surface area contributed by atoms with Crippen LogP contribution in [0, 0.1) is 0 Å². The summed E-state index contributed by atoms with van der Waals surface area (Å²) in [5.74, 6) is -0.695. The van der Waals surface area contributed by atoms with E-state index in [4.69, 9.17) is 5.11 Å². The van der Waals surface area contributed by atoms with Crippen LogP contribution in [0.2, 0.25) is 0 Å². The Morgan fingerprint density at radius 3 is 1.69 bits per heavy atom. The molecule has 0 fully saturated rings. The Bertz CT molecular complexity index is 416. The largest absolute Gasteiger partial charge is 0.481 e. The van der Waals surface area contributed by atoms with Gasteiger partial charge in [0.15, 0.2) is 0 Å². The Kier molecular flexibility index (Phi) is 20.2. The van der Waals surface area contributed by atoms with E-state index in [0.717, 1.165) is 32.1 Å². The number of rotatable bonds is 18. The maximum absolute atomic E-state index is 10.4. The molecule has 0 aromatic rings. The quantitative estimate of drug-likeness (QED) is 0.154. The molecular formula is C24H40O2. The molecule has 0 spiro atoms.